The van der Waals surface area contributed by atoms with Crippen LogP contribution in [0.1, 0.15) is 47.3 Å². The van der Waals surface area contributed by atoms with Gasteiger partial charge in [0.1, 0.15) is 5.69 Å². The van der Waals surface area contributed by atoms with Crippen molar-refractivity contribution in [3.05, 3.63) is 70.0 Å². The second kappa shape index (κ2) is 12.3. The monoisotopic (exact) mass is 606 g/mol. The van der Waals surface area contributed by atoms with Crippen molar-refractivity contribution in [3.63, 3.8) is 0 Å². The molecule has 0 fully saturated rings. The number of ether oxygens (including phenoxy) is 1. The van der Waals surface area contributed by atoms with Crippen LogP contribution in [-0.4, -0.2) is 39.1 Å². The molecule has 41 heavy (non-hydrogen) atoms. The molecule has 2 aromatic carbocycles. The van der Waals surface area contributed by atoms with Crippen molar-refractivity contribution in [2.24, 2.45) is 5.92 Å². The van der Waals surface area contributed by atoms with Gasteiger partial charge in [0.15, 0.2) is 5.13 Å². The second-order valence-corrected chi connectivity index (χ2v) is 11.0. The number of aromatic nitrogens is 4. The van der Waals surface area contributed by atoms with Gasteiger partial charge in [0.25, 0.3) is 5.91 Å². The first-order chi connectivity index (χ1) is 19.3. The highest BCUT2D eigenvalue weighted by atomic mass is 35.5. The van der Waals surface area contributed by atoms with Crippen molar-refractivity contribution in [1.82, 2.24) is 20.0 Å². The van der Waals surface area contributed by atoms with E-state index in [-0.39, 0.29) is 22.2 Å². The topological polar surface area (TPSA) is 111 Å². The predicted octanol–water partition coefficient (Wildman–Crippen LogP) is 7.39. The first-order valence-electron chi connectivity index (χ1n) is 12.4. The van der Waals surface area contributed by atoms with Gasteiger partial charge in [-0.2, -0.15) is 13.2 Å². The number of hydrogen-bond donors (Lipinski definition) is 2. The molecule has 0 atom stereocenters. The molecule has 0 bridgehead atoms. The first-order valence-corrected chi connectivity index (χ1v) is 13.6. The van der Waals surface area contributed by atoms with Gasteiger partial charge in [-0.3, -0.25) is 10.1 Å². The van der Waals surface area contributed by atoms with Crippen LogP contribution >= 0.6 is 22.9 Å². The van der Waals surface area contributed by atoms with E-state index in [9.17, 15) is 22.8 Å². The fraction of sp³-hybridized carbons (Fsp3) is 0.296. The van der Waals surface area contributed by atoms with E-state index in [4.69, 9.17) is 11.6 Å². The lowest BCUT2D eigenvalue weighted by atomic mass is 9.99. The fourth-order valence-corrected chi connectivity index (χ4v) is 4.94. The van der Waals surface area contributed by atoms with Crippen molar-refractivity contribution in [2.45, 2.75) is 39.8 Å². The number of methoxy groups -OCH3 is 1. The largest absolute Gasteiger partial charge is 0.453 e. The average molecular weight is 607 g/mol. The van der Waals surface area contributed by atoms with E-state index in [1.807, 2.05) is 20.8 Å². The Balaban J connectivity index is 1.59. The van der Waals surface area contributed by atoms with Crippen LogP contribution < -0.4 is 10.6 Å². The van der Waals surface area contributed by atoms with E-state index in [0.29, 0.717) is 39.8 Å². The van der Waals surface area contributed by atoms with Crippen molar-refractivity contribution in [1.29, 1.82) is 0 Å². The van der Waals surface area contributed by atoms with E-state index >= 15 is 0 Å². The molecule has 2 N–H and O–H groups in total. The molecule has 0 aliphatic carbocycles. The Morgan fingerprint density at radius 3 is 2.61 bits per heavy atom. The van der Waals surface area contributed by atoms with E-state index in [2.05, 4.69) is 30.7 Å². The maximum absolute atomic E-state index is 13.7. The van der Waals surface area contributed by atoms with Crippen molar-refractivity contribution >= 4 is 45.8 Å². The fourth-order valence-electron chi connectivity index (χ4n) is 3.87. The molecule has 0 aliphatic heterocycles. The highest BCUT2D eigenvalue weighted by Gasteiger charge is 2.35. The summed E-state index contributed by atoms with van der Waals surface area (Å²) in [5.41, 5.74) is 1.32. The summed E-state index contributed by atoms with van der Waals surface area (Å²) in [5, 5.41) is 13.3. The van der Waals surface area contributed by atoms with Crippen molar-refractivity contribution in [3.8, 4) is 16.3 Å². The molecule has 0 saturated carbocycles. The number of nitrogens with one attached hydrogen (secondary N) is 2. The van der Waals surface area contributed by atoms with Gasteiger partial charge < -0.3 is 10.1 Å². The number of thiazole rings is 1. The van der Waals surface area contributed by atoms with Crippen LogP contribution in [0.3, 0.4) is 0 Å². The summed E-state index contributed by atoms with van der Waals surface area (Å²) in [7, 11) is 1.24. The Morgan fingerprint density at radius 1 is 1.17 bits per heavy atom. The number of anilines is 2. The molecule has 0 saturated heterocycles. The lowest BCUT2D eigenvalue weighted by Crippen LogP contribution is -2.15. The number of aryl methyl sites for hydroxylation is 2. The maximum Gasteiger partial charge on any atom is 0.417 e. The Labute approximate surface area is 242 Å². The van der Waals surface area contributed by atoms with Crippen LogP contribution in [0.5, 0.6) is 0 Å². The molecule has 9 nitrogen and oxygen atoms in total. The van der Waals surface area contributed by atoms with Crippen LogP contribution in [0, 0.1) is 12.8 Å². The Morgan fingerprint density at radius 2 is 1.93 bits per heavy atom. The zero-order chi connectivity index (χ0) is 29.9. The van der Waals surface area contributed by atoms with Crippen LogP contribution in [0.25, 0.3) is 16.3 Å². The highest BCUT2D eigenvalue weighted by Crippen LogP contribution is 2.39. The molecule has 0 unspecified atom stereocenters. The third-order valence-corrected chi connectivity index (χ3v) is 7.45. The summed E-state index contributed by atoms with van der Waals surface area (Å²) in [6.45, 7) is 5.75. The molecule has 2 heterocycles. The Kier molecular flexibility index (Phi) is 8.98. The van der Waals surface area contributed by atoms with Crippen molar-refractivity contribution in [2.75, 3.05) is 17.7 Å². The summed E-state index contributed by atoms with van der Waals surface area (Å²) in [5.74, 6) is -0.339. The number of carbonyl (C=O) groups is 2. The lowest BCUT2D eigenvalue weighted by Gasteiger charge is -2.17. The van der Waals surface area contributed by atoms with Gasteiger partial charge in [-0.1, -0.05) is 48.1 Å². The average Bonchev–Trinajstić information content (AvgIpc) is 3.58. The normalized spacial score (nSPS) is 11.5. The number of rotatable bonds is 8. The van der Waals surface area contributed by atoms with Crippen LogP contribution in [0.2, 0.25) is 5.02 Å². The Bertz CT molecular complexity index is 1580. The van der Waals surface area contributed by atoms with E-state index in [1.165, 1.54) is 35.4 Å². The van der Waals surface area contributed by atoms with Crippen molar-refractivity contribution < 1.29 is 27.5 Å². The minimum absolute atomic E-state index is 0.00258. The van der Waals surface area contributed by atoms with Gasteiger partial charge in [0.05, 0.1) is 34.5 Å². The molecule has 2 aromatic heterocycles. The number of alkyl halides is 3. The zero-order valence-corrected chi connectivity index (χ0v) is 24.0. The number of benzene rings is 2. The summed E-state index contributed by atoms with van der Waals surface area (Å²) >= 11 is 7.28. The van der Waals surface area contributed by atoms with Gasteiger partial charge in [0, 0.05) is 17.4 Å². The SMILES string of the molecule is COC(=O)Nc1ncc(-c2cn(-c3cc(C(=O)Nc4cc(CCC(C)C)c(Cl)c(C(F)(F)F)c4)ccc3C)nn2)s1. The number of hydrogen-bond acceptors (Lipinski definition) is 7. The predicted molar refractivity (Wildman–Crippen MR) is 151 cm³/mol. The van der Waals surface area contributed by atoms with E-state index < -0.39 is 23.7 Å². The second-order valence-electron chi connectivity index (χ2n) is 9.58. The maximum atomic E-state index is 13.7. The number of carbonyl (C=O) groups excluding carboxylic acids is 2. The number of amides is 2. The van der Waals surface area contributed by atoms with E-state index in [1.54, 1.807) is 24.4 Å². The standard InChI is InChI=1S/C27H26ClF3N6O3S/c1-14(2)5-7-16-9-18(11-19(23(16)28)27(29,30)31)33-24(38)17-8-6-15(3)21(10-17)37-13-20(35-36-37)22-12-32-25(41-22)34-26(39)40-4/h6,8-14H,5,7H2,1-4H3,(H,33,38)(H,32,34,39). The zero-order valence-electron chi connectivity index (χ0n) is 22.5. The molecule has 0 radical (unpaired) electrons. The minimum Gasteiger partial charge on any atom is -0.453 e. The molecular formula is C27H26ClF3N6O3S. The number of nitrogens with zero attached hydrogens (tertiary/aromatic N) is 4. The molecule has 216 valence electrons. The summed E-state index contributed by atoms with van der Waals surface area (Å²) in [6, 6.07) is 7.17. The van der Waals surface area contributed by atoms with Crippen LogP contribution in [0.4, 0.5) is 28.8 Å². The molecule has 4 aromatic rings. The first kappa shape index (κ1) is 30.0. The Hall–Kier alpha value is -3.97. The molecule has 2 amide bonds. The molecular weight excluding hydrogens is 581 g/mol. The third-order valence-electron chi connectivity index (χ3n) is 6.07. The minimum atomic E-state index is -4.68. The van der Waals surface area contributed by atoms with Gasteiger partial charge >= 0.3 is 12.3 Å². The van der Waals surface area contributed by atoms with Gasteiger partial charge in [-0.25, -0.2) is 14.5 Å². The molecule has 14 heteroatoms. The van der Waals surface area contributed by atoms with Crippen LogP contribution in [-0.2, 0) is 17.3 Å². The summed E-state index contributed by atoms with van der Waals surface area (Å²) in [6.07, 6.45) is -1.19. The highest BCUT2D eigenvalue weighted by molar-refractivity contribution is 7.19. The summed E-state index contributed by atoms with van der Waals surface area (Å²) in [4.78, 5) is 29.3. The van der Waals surface area contributed by atoms with Gasteiger partial charge in [-0.05, 0) is 61.1 Å². The van der Waals surface area contributed by atoms with Gasteiger partial charge in [0.2, 0.25) is 0 Å². The number of halogens is 4. The van der Waals surface area contributed by atoms with E-state index in [0.717, 1.165) is 11.6 Å². The third kappa shape index (κ3) is 7.22. The molecule has 4 rings (SSSR count). The van der Waals surface area contributed by atoms with Gasteiger partial charge in [-0.15, -0.1) is 5.10 Å². The summed E-state index contributed by atoms with van der Waals surface area (Å²) < 4.78 is 47.2. The molecule has 0 aliphatic rings. The van der Waals surface area contributed by atoms with Crippen LogP contribution in [0.15, 0.2) is 42.7 Å². The molecule has 0 spiro atoms. The smallest absolute Gasteiger partial charge is 0.417 e. The lowest BCUT2D eigenvalue weighted by molar-refractivity contribution is -0.137. The quantitative estimate of drug-likeness (QED) is 0.216.